The van der Waals surface area contributed by atoms with Crippen LogP contribution in [0.1, 0.15) is 11.1 Å². The Balaban J connectivity index is 2.87. The van der Waals surface area contributed by atoms with Gasteiger partial charge < -0.3 is 4.74 Å². The molecule has 1 aromatic rings. The smallest absolute Gasteiger partial charge is 0.417 e. The molecule has 88 valence electrons. The average Bonchev–Trinajstić information content (AvgIpc) is 2.12. The summed E-state index contributed by atoms with van der Waals surface area (Å²) in [6, 6.07) is 3.05. The molecule has 0 spiro atoms. The number of ether oxygens (including phenoxy) is 1. The minimum Gasteiger partial charge on any atom is -0.449 e. The summed E-state index contributed by atoms with van der Waals surface area (Å²) in [7, 11) is 0. The van der Waals surface area contributed by atoms with Crippen molar-refractivity contribution < 1.29 is 22.7 Å². The van der Waals surface area contributed by atoms with Crippen molar-refractivity contribution in [2.24, 2.45) is 0 Å². The van der Waals surface area contributed by atoms with Gasteiger partial charge in [0.2, 0.25) is 0 Å². The molecule has 0 N–H and O–H groups in total. The summed E-state index contributed by atoms with van der Waals surface area (Å²) in [4.78, 5) is 10.3. The van der Waals surface area contributed by atoms with Crippen LogP contribution in [0.4, 0.5) is 18.0 Å². The predicted octanol–water partition coefficient (Wildman–Crippen LogP) is 4.23. The van der Waals surface area contributed by atoms with Crippen molar-refractivity contribution in [3.8, 4) is 0 Å². The third-order valence-corrected chi connectivity index (χ3v) is 2.11. The fraction of sp³-hybridized carbons (Fsp3) is 0.222. The molecule has 0 radical (unpaired) electrons. The fourth-order valence-corrected chi connectivity index (χ4v) is 1.38. The third-order valence-electron chi connectivity index (χ3n) is 1.69. The van der Waals surface area contributed by atoms with Crippen LogP contribution < -0.4 is 0 Å². The average molecular weight is 273 g/mol. The van der Waals surface area contributed by atoms with E-state index in [0.717, 1.165) is 18.2 Å². The SMILES string of the molecule is O=C(Cl)OCc1ccc(C(F)(F)F)c(Cl)c1. The van der Waals surface area contributed by atoms with E-state index in [1.165, 1.54) is 0 Å². The molecule has 0 heterocycles. The quantitative estimate of drug-likeness (QED) is 0.753. The maximum atomic E-state index is 12.3. The van der Waals surface area contributed by atoms with Crippen molar-refractivity contribution in [1.29, 1.82) is 0 Å². The molecule has 0 aromatic heterocycles. The van der Waals surface area contributed by atoms with E-state index in [4.69, 9.17) is 23.2 Å². The highest BCUT2D eigenvalue weighted by molar-refractivity contribution is 6.61. The van der Waals surface area contributed by atoms with Gasteiger partial charge >= 0.3 is 11.6 Å². The zero-order chi connectivity index (χ0) is 12.3. The molecular weight excluding hydrogens is 268 g/mol. The normalized spacial score (nSPS) is 11.3. The van der Waals surface area contributed by atoms with E-state index in [1.807, 2.05) is 0 Å². The number of hydrogen-bond donors (Lipinski definition) is 0. The Hall–Kier alpha value is -0.940. The summed E-state index contributed by atoms with van der Waals surface area (Å²) in [5, 5.41) is -0.448. The maximum Gasteiger partial charge on any atom is 0.417 e. The Morgan fingerprint density at radius 2 is 2.00 bits per heavy atom. The third kappa shape index (κ3) is 3.57. The lowest BCUT2D eigenvalue weighted by Gasteiger charge is -2.10. The lowest BCUT2D eigenvalue weighted by Crippen LogP contribution is -2.06. The van der Waals surface area contributed by atoms with Gasteiger partial charge in [-0.05, 0) is 17.7 Å². The van der Waals surface area contributed by atoms with Crippen LogP contribution in [0.3, 0.4) is 0 Å². The van der Waals surface area contributed by atoms with Crippen molar-refractivity contribution in [2.45, 2.75) is 12.8 Å². The molecule has 0 saturated heterocycles. The van der Waals surface area contributed by atoms with E-state index in [-0.39, 0.29) is 6.61 Å². The van der Waals surface area contributed by atoms with Crippen molar-refractivity contribution in [1.82, 2.24) is 0 Å². The molecule has 16 heavy (non-hydrogen) atoms. The van der Waals surface area contributed by atoms with Crippen molar-refractivity contribution in [3.05, 3.63) is 34.3 Å². The summed E-state index contributed by atoms with van der Waals surface area (Å²) < 4.78 is 41.3. The zero-order valence-corrected chi connectivity index (χ0v) is 9.16. The molecule has 2 nitrogen and oxygen atoms in total. The van der Waals surface area contributed by atoms with Gasteiger partial charge in [0.25, 0.3) is 0 Å². The van der Waals surface area contributed by atoms with E-state index in [9.17, 15) is 18.0 Å². The molecule has 0 aliphatic rings. The second-order valence-corrected chi connectivity index (χ2v) is 3.55. The molecule has 0 fully saturated rings. The number of alkyl halides is 3. The number of rotatable bonds is 2. The standard InChI is InChI=1S/C9H5Cl2F3O2/c10-7-3-5(4-16-8(11)15)1-2-6(7)9(12,13)14/h1-3H,4H2. The van der Waals surface area contributed by atoms with Crippen LogP contribution in [0.15, 0.2) is 18.2 Å². The van der Waals surface area contributed by atoms with Gasteiger partial charge in [0, 0.05) is 11.6 Å². The van der Waals surface area contributed by atoms with E-state index in [0.29, 0.717) is 5.56 Å². The van der Waals surface area contributed by atoms with Gasteiger partial charge in [0.15, 0.2) is 0 Å². The number of carbonyl (C=O) groups is 1. The van der Waals surface area contributed by atoms with Gasteiger partial charge in [0.1, 0.15) is 6.61 Å². The van der Waals surface area contributed by atoms with Crippen LogP contribution in [-0.2, 0) is 17.5 Å². The molecule has 1 rings (SSSR count). The van der Waals surface area contributed by atoms with Gasteiger partial charge in [0.05, 0.1) is 10.6 Å². The predicted molar refractivity (Wildman–Crippen MR) is 52.5 cm³/mol. The molecule has 0 aliphatic heterocycles. The van der Waals surface area contributed by atoms with Crippen LogP contribution in [0.25, 0.3) is 0 Å². The highest BCUT2D eigenvalue weighted by Crippen LogP contribution is 2.34. The van der Waals surface area contributed by atoms with Crippen LogP contribution in [0.2, 0.25) is 5.02 Å². The summed E-state index contributed by atoms with van der Waals surface area (Å²) in [5.74, 6) is 0. The first kappa shape index (κ1) is 13.1. The summed E-state index contributed by atoms with van der Waals surface area (Å²) in [5.41, 5.74) is -1.64. The fourth-order valence-electron chi connectivity index (χ4n) is 1.02. The van der Waals surface area contributed by atoms with Gasteiger partial charge in [-0.3, -0.25) is 0 Å². The lowest BCUT2D eigenvalue weighted by molar-refractivity contribution is -0.137. The summed E-state index contributed by atoms with van der Waals surface area (Å²) >= 11 is 10.3. The van der Waals surface area contributed by atoms with Crippen LogP contribution >= 0.6 is 23.2 Å². The van der Waals surface area contributed by atoms with Gasteiger partial charge in [-0.1, -0.05) is 17.7 Å². The highest BCUT2D eigenvalue weighted by Gasteiger charge is 2.32. The Labute approximate surface area is 98.9 Å². The largest absolute Gasteiger partial charge is 0.449 e. The minimum atomic E-state index is -4.50. The van der Waals surface area contributed by atoms with Crippen LogP contribution in [0.5, 0.6) is 0 Å². The van der Waals surface area contributed by atoms with E-state index >= 15 is 0 Å². The number of hydrogen-bond acceptors (Lipinski definition) is 2. The van der Waals surface area contributed by atoms with Gasteiger partial charge in [-0.15, -0.1) is 0 Å². The van der Waals surface area contributed by atoms with Gasteiger partial charge in [-0.25, -0.2) is 4.79 Å². The summed E-state index contributed by atoms with van der Waals surface area (Å²) in [6.45, 7) is -0.222. The second kappa shape index (κ2) is 4.93. The van der Waals surface area contributed by atoms with Crippen molar-refractivity contribution in [3.63, 3.8) is 0 Å². The van der Waals surface area contributed by atoms with E-state index in [1.54, 1.807) is 0 Å². The molecule has 0 unspecified atom stereocenters. The molecule has 0 aliphatic carbocycles. The first-order valence-corrected chi connectivity index (χ1v) is 4.74. The molecular formula is C9H5Cl2F3O2. The summed E-state index contributed by atoms with van der Waals surface area (Å²) in [6.07, 6.45) is -4.50. The number of carbonyl (C=O) groups excluding carboxylic acids is 1. The Morgan fingerprint density at radius 3 is 2.44 bits per heavy atom. The molecule has 7 heteroatoms. The number of halogens is 5. The molecule has 0 saturated carbocycles. The van der Waals surface area contributed by atoms with Crippen molar-refractivity contribution in [2.75, 3.05) is 0 Å². The van der Waals surface area contributed by atoms with Gasteiger partial charge in [-0.2, -0.15) is 13.2 Å². The van der Waals surface area contributed by atoms with Crippen LogP contribution in [0, 0.1) is 0 Å². The van der Waals surface area contributed by atoms with E-state index < -0.39 is 22.2 Å². The Kier molecular flexibility index (Phi) is 4.04. The lowest BCUT2D eigenvalue weighted by atomic mass is 10.1. The van der Waals surface area contributed by atoms with E-state index in [2.05, 4.69) is 4.74 Å². The second-order valence-electron chi connectivity index (χ2n) is 2.84. The molecule has 0 bridgehead atoms. The topological polar surface area (TPSA) is 26.3 Å². The Morgan fingerprint density at radius 1 is 1.38 bits per heavy atom. The minimum absolute atomic E-state index is 0.222. The van der Waals surface area contributed by atoms with Crippen molar-refractivity contribution >= 4 is 28.6 Å². The monoisotopic (exact) mass is 272 g/mol. The maximum absolute atomic E-state index is 12.3. The number of benzene rings is 1. The molecule has 1 aromatic carbocycles. The highest BCUT2D eigenvalue weighted by atomic mass is 35.5. The first-order chi connectivity index (χ1) is 7.30. The van der Waals surface area contributed by atoms with Crippen LogP contribution in [-0.4, -0.2) is 5.43 Å². The molecule has 0 atom stereocenters. The Bertz CT molecular complexity index is 404. The molecule has 0 amide bonds. The first-order valence-electron chi connectivity index (χ1n) is 3.98. The zero-order valence-electron chi connectivity index (χ0n) is 7.65.